The van der Waals surface area contributed by atoms with Crippen molar-refractivity contribution in [1.82, 2.24) is 24.3 Å². The van der Waals surface area contributed by atoms with E-state index in [-0.39, 0.29) is 5.82 Å². The van der Waals surface area contributed by atoms with Crippen molar-refractivity contribution in [2.75, 3.05) is 37.8 Å². The standard InChI is InChI=1S/C22H20ClFN6O2S/c1-12-27-18(21(23)33-12)20-19-16(2-5-32-20)28-17-8-15(24)14(11-30(17)19)13-9-25-22(26-10-13)29-3-6-31-7-4-29/h8-11,20H,2-7H2,1H3. The van der Waals surface area contributed by atoms with Crippen LogP contribution in [0.4, 0.5) is 10.3 Å². The number of anilines is 1. The lowest BCUT2D eigenvalue weighted by atomic mass is 10.1. The van der Waals surface area contributed by atoms with E-state index >= 15 is 4.39 Å². The predicted octanol–water partition coefficient (Wildman–Crippen LogP) is 3.85. The molecule has 170 valence electrons. The molecule has 0 aliphatic carbocycles. The number of aryl methyl sites for hydroxylation is 1. The number of aromatic nitrogens is 5. The van der Waals surface area contributed by atoms with Gasteiger partial charge in [0.05, 0.1) is 36.2 Å². The lowest BCUT2D eigenvalue weighted by molar-refractivity contribution is 0.0631. The van der Waals surface area contributed by atoms with Crippen LogP contribution in [0.25, 0.3) is 16.8 Å². The summed E-state index contributed by atoms with van der Waals surface area (Å²) >= 11 is 7.87. The van der Waals surface area contributed by atoms with Crippen LogP contribution < -0.4 is 4.90 Å². The second-order valence-corrected chi connectivity index (χ2v) is 9.78. The van der Waals surface area contributed by atoms with Gasteiger partial charge in [0.2, 0.25) is 5.95 Å². The first-order chi connectivity index (χ1) is 16.1. The Morgan fingerprint density at radius 1 is 1.15 bits per heavy atom. The Hall–Kier alpha value is -2.66. The highest BCUT2D eigenvalue weighted by atomic mass is 35.5. The lowest BCUT2D eigenvalue weighted by Gasteiger charge is -2.26. The van der Waals surface area contributed by atoms with Gasteiger partial charge in [-0.3, -0.25) is 4.40 Å². The van der Waals surface area contributed by atoms with Crippen molar-refractivity contribution in [3.8, 4) is 11.1 Å². The Kier molecular flexibility index (Phi) is 5.25. The Morgan fingerprint density at radius 2 is 1.94 bits per heavy atom. The number of pyridine rings is 1. The topological polar surface area (TPSA) is 77.7 Å². The number of ether oxygens (including phenoxy) is 2. The first-order valence-corrected chi connectivity index (χ1v) is 11.9. The molecule has 0 N–H and O–H groups in total. The monoisotopic (exact) mass is 486 g/mol. The number of hydrogen-bond acceptors (Lipinski definition) is 8. The van der Waals surface area contributed by atoms with Gasteiger partial charge in [-0.2, -0.15) is 0 Å². The number of halogens is 2. The number of nitrogens with zero attached hydrogens (tertiary/aromatic N) is 6. The zero-order valence-electron chi connectivity index (χ0n) is 17.8. The first kappa shape index (κ1) is 20.9. The molecule has 0 bridgehead atoms. The van der Waals surface area contributed by atoms with Gasteiger partial charge in [-0.1, -0.05) is 11.6 Å². The fourth-order valence-corrected chi connectivity index (χ4v) is 5.47. The summed E-state index contributed by atoms with van der Waals surface area (Å²) in [7, 11) is 0. The maximum absolute atomic E-state index is 15.1. The van der Waals surface area contributed by atoms with Crippen LogP contribution in [-0.2, 0) is 15.9 Å². The number of imidazole rings is 1. The Balaban J connectivity index is 1.42. The van der Waals surface area contributed by atoms with E-state index in [1.807, 2.05) is 11.3 Å². The van der Waals surface area contributed by atoms with Crippen LogP contribution in [0, 0.1) is 12.7 Å². The molecule has 1 saturated heterocycles. The van der Waals surface area contributed by atoms with E-state index in [0.717, 1.165) is 29.5 Å². The molecule has 11 heteroatoms. The van der Waals surface area contributed by atoms with Gasteiger partial charge in [-0.15, -0.1) is 11.3 Å². The summed E-state index contributed by atoms with van der Waals surface area (Å²) in [4.78, 5) is 20.2. The Morgan fingerprint density at radius 3 is 2.67 bits per heavy atom. The minimum atomic E-state index is -0.459. The molecule has 2 aliphatic rings. The largest absolute Gasteiger partial charge is 0.378 e. The molecular weight excluding hydrogens is 467 g/mol. The third-order valence-corrected chi connectivity index (χ3v) is 7.10. The quantitative estimate of drug-likeness (QED) is 0.435. The Labute approximate surface area is 198 Å². The molecule has 1 atom stereocenters. The molecule has 1 unspecified atom stereocenters. The summed E-state index contributed by atoms with van der Waals surface area (Å²) in [5, 5.41) is 0.865. The maximum atomic E-state index is 15.1. The van der Waals surface area contributed by atoms with E-state index in [4.69, 9.17) is 21.1 Å². The zero-order valence-corrected chi connectivity index (χ0v) is 19.4. The van der Waals surface area contributed by atoms with Crippen LogP contribution >= 0.6 is 22.9 Å². The van der Waals surface area contributed by atoms with Gasteiger partial charge < -0.3 is 14.4 Å². The molecule has 2 aliphatic heterocycles. The van der Waals surface area contributed by atoms with Gasteiger partial charge in [0, 0.05) is 55.3 Å². The van der Waals surface area contributed by atoms with Gasteiger partial charge in [0.1, 0.15) is 27.6 Å². The van der Waals surface area contributed by atoms with Gasteiger partial charge >= 0.3 is 0 Å². The van der Waals surface area contributed by atoms with Crippen LogP contribution in [0.3, 0.4) is 0 Å². The summed E-state index contributed by atoms with van der Waals surface area (Å²) in [6, 6.07) is 1.44. The minimum Gasteiger partial charge on any atom is -0.378 e. The van der Waals surface area contributed by atoms with E-state index in [0.29, 0.717) is 59.0 Å². The van der Waals surface area contributed by atoms with E-state index in [1.165, 1.54) is 17.4 Å². The molecule has 6 heterocycles. The van der Waals surface area contributed by atoms with E-state index in [2.05, 4.69) is 24.8 Å². The van der Waals surface area contributed by atoms with Crippen molar-refractivity contribution in [2.45, 2.75) is 19.4 Å². The van der Waals surface area contributed by atoms with Crippen LogP contribution in [0.5, 0.6) is 0 Å². The van der Waals surface area contributed by atoms with E-state index < -0.39 is 6.10 Å². The molecule has 6 rings (SSSR count). The maximum Gasteiger partial charge on any atom is 0.225 e. The molecule has 1 fully saturated rings. The van der Waals surface area contributed by atoms with Crippen molar-refractivity contribution < 1.29 is 13.9 Å². The fourth-order valence-electron chi connectivity index (χ4n) is 4.33. The SMILES string of the molecule is Cc1nc(C2OCCc3nc4cc(F)c(-c5cnc(N6CCOCC6)nc5)cn4c32)c(Cl)s1. The third kappa shape index (κ3) is 3.67. The van der Waals surface area contributed by atoms with Gasteiger partial charge in [0.25, 0.3) is 0 Å². The summed E-state index contributed by atoms with van der Waals surface area (Å²) in [6.45, 7) is 5.18. The number of rotatable bonds is 3. The smallest absolute Gasteiger partial charge is 0.225 e. The molecule has 0 amide bonds. The molecule has 0 aromatic carbocycles. The van der Waals surface area contributed by atoms with Crippen LogP contribution in [0.1, 0.15) is 28.2 Å². The number of fused-ring (bicyclic) bond motifs is 3. The average Bonchev–Trinajstić information content (AvgIpc) is 3.37. The van der Waals surface area contributed by atoms with Gasteiger partial charge in [0.15, 0.2) is 0 Å². The molecule has 0 saturated carbocycles. The van der Waals surface area contributed by atoms with Gasteiger partial charge in [-0.05, 0) is 6.92 Å². The summed E-state index contributed by atoms with van der Waals surface area (Å²) in [6.07, 6.45) is 5.22. The first-order valence-electron chi connectivity index (χ1n) is 10.7. The number of thiazole rings is 1. The van der Waals surface area contributed by atoms with Crippen molar-refractivity contribution in [1.29, 1.82) is 0 Å². The highest BCUT2D eigenvalue weighted by Gasteiger charge is 2.32. The number of morpholine rings is 1. The molecular formula is C22H20ClFN6O2S. The third-order valence-electron chi connectivity index (χ3n) is 5.90. The van der Waals surface area contributed by atoms with Crippen LogP contribution in [-0.4, -0.2) is 57.2 Å². The van der Waals surface area contributed by atoms with Crippen molar-refractivity contribution in [3.63, 3.8) is 0 Å². The Bertz CT molecular complexity index is 1340. The lowest BCUT2D eigenvalue weighted by Crippen LogP contribution is -2.37. The van der Waals surface area contributed by atoms with Crippen LogP contribution in [0.2, 0.25) is 4.34 Å². The highest BCUT2D eigenvalue weighted by molar-refractivity contribution is 7.15. The summed E-state index contributed by atoms with van der Waals surface area (Å²) < 4.78 is 29.0. The van der Waals surface area contributed by atoms with Crippen molar-refractivity contribution >= 4 is 34.5 Å². The summed E-state index contributed by atoms with van der Waals surface area (Å²) in [5.41, 5.74) is 3.86. The molecule has 33 heavy (non-hydrogen) atoms. The average molecular weight is 487 g/mol. The molecule has 0 spiro atoms. The van der Waals surface area contributed by atoms with Crippen molar-refractivity contribution in [3.05, 3.63) is 56.9 Å². The fraction of sp³-hybridized carbons (Fsp3) is 0.364. The summed E-state index contributed by atoms with van der Waals surface area (Å²) in [5.74, 6) is 0.234. The predicted molar refractivity (Wildman–Crippen MR) is 123 cm³/mol. The zero-order chi connectivity index (χ0) is 22.5. The molecule has 4 aromatic heterocycles. The van der Waals surface area contributed by atoms with E-state index in [9.17, 15) is 0 Å². The molecule has 0 radical (unpaired) electrons. The highest BCUT2D eigenvalue weighted by Crippen LogP contribution is 2.39. The van der Waals surface area contributed by atoms with E-state index in [1.54, 1.807) is 18.6 Å². The van der Waals surface area contributed by atoms with Crippen LogP contribution in [0.15, 0.2) is 24.7 Å². The minimum absolute atomic E-state index is 0.382. The second kappa shape index (κ2) is 8.28. The molecule has 8 nitrogen and oxygen atoms in total. The van der Waals surface area contributed by atoms with Gasteiger partial charge in [-0.25, -0.2) is 24.3 Å². The number of hydrogen-bond donors (Lipinski definition) is 0. The van der Waals surface area contributed by atoms with Crippen molar-refractivity contribution in [2.24, 2.45) is 0 Å². The normalized spacial score (nSPS) is 18.6. The second-order valence-electron chi connectivity index (χ2n) is 7.97. The molecule has 4 aromatic rings.